The largest absolute Gasteiger partial charge is 0.326 e. The topological polar surface area (TPSA) is 29.3 Å². The van der Waals surface area contributed by atoms with Gasteiger partial charge in [0.05, 0.1) is 0 Å². The summed E-state index contributed by atoms with van der Waals surface area (Å²) in [5.74, 6) is 0. The van der Waals surface area contributed by atoms with Gasteiger partial charge in [-0.25, -0.2) is 0 Å². The Kier molecular flexibility index (Phi) is 7.92. The molecule has 0 heterocycles. The molecule has 0 bridgehead atoms. The minimum atomic E-state index is 0.398. The van der Waals surface area contributed by atoms with Gasteiger partial charge in [-0.1, -0.05) is 45.4 Å². The van der Waals surface area contributed by atoms with E-state index in [1.807, 2.05) is 0 Å². The second-order valence-electron chi connectivity index (χ2n) is 6.26. The summed E-state index contributed by atoms with van der Waals surface area (Å²) in [4.78, 5) is 2.69. The van der Waals surface area contributed by atoms with Gasteiger partial charge in [0.1, 0.15) is 0 Å². The van der Waals surface area contributed by atoms with E-state index in [9.17, 15) is 0 Å². The van der Waals surface area contributed by atoms with Crippen molar-refractivity contribution in [3.63, 3.8) is 0 Å². The molecule has 1 aliphatic rings. The Morgan fingerprint density at radius 3 is 2.33 bits per heavy atom. The van der Waals surface area contributed by atoms with Gasteiger partial charge >= 0.3 is 0 Å². The summed E-state index contributed by atoms with van der Waals surface area (Å²) >= 11 is 0. The monoisotopic (exact) mass is 254 g/mol. The summed E-state index contributed by atoms with van der Waals surface area (Å²) in [7, 11) is 0. The van der Waals surface area contributed by atoms with Crippen LogP contribution in [-0.4, -0.2) is 29.6 Å². The Morgan fingerprint density at radius 1 is 1.06 bits per heavy atom. The van der Waals surface area contributed by atoms with Crippen LogP contribution in [0.3, 0.4) is 0 Å². The molecule has 0 aromatic heterocycles. The van der Waals surface area contributed by atoms with E-state index < -0.39 is 0 Å². The third-order valence-corrected chi connectivity index (χ3v) is 4.39. The lowest BCUT2D eigenvalue weighted by Gasteiger charge is -2.39. The molecule has 0 radical (unpaired) electrons. The van der Waals surface area contributed by atoms with E-state index >= 15 is 0 Å². The fraction of sp³-hybridized carbons (Fsp3) is 1.00. The molecule has 18 heavy (non-hydrogen) atoms. The Bertz CT molecular complexity index is 203. The summed E-state index contributed by atoms with van der Waals surface area (Å²) in [6.07, 6.45) is 12.0. The minimum absolute atomic E-state index is 0.398. The maximum Gasteiger partial charge on any atom is 0.0249 e. The standard InChI is InChI=1S/C16H34N2/c1-4-5-10-13-18(14(2)3)16-12-9-7-6-8-11-15(16)17/h14-16H,4-13,17H2,1-3H3. The Labute approximate surface area is 114 Å². The molecule has 2 atom stereocenters. The molecule has 0 spiro atoms. The Balaban J connectivity index is 2.56. The van der Waals surface area contributed by atoms with Gasteiger partial charge in [0, 0.05) is 18.1 Å². The molecule has 2 unspecified atom stereocenters. The van der Waals surface area contributed by atoms with Gasteiger partial charge in [-0.15, -0.1) is 0 Å². The Hall–Kier alpha value is -0.0800. The van der Waals surface area contributed by atoms with E-state index in [0.29, 0.717) is 18.1 Å². The number of nitrogens with zero attached hydrogens (tertiary/aromatic N) is 1. The number of nitrogens with two attached hydrogens (primary N) is 1. The summed E-state index contributed by atoms with van der Waals surface area (Å²) in [6, 6.07) is 1.66. The SMILES string of the molecule is CCCCCN(C(C)C)C1CCCCCCC1N. The molecule has 1 saturated carbocycles. The molecule has 2 N–H and O–H groups in total. The molecule has 2 nitrogen and oxygen atoms in total. The molecular weight excluding hydrogens is 220 g/mol. The molecule has 1 rings (SSSR count). The van der Waals surface area contributed by atoms with Crippen molar-refractivity contribution in [2.45, 2.75) is 96.7 Å². The van der Waals surface area contributed by atoms with Gasteiger partial charge in [-0.05, 0) is 39.7 Å². The highest BCUT2D eigenvalue weighted by Crippen LogP contribution is 2.23. The quantitative estimate of drug-likeness (QED) is 0.728. The second-order valence-corrected chi connectivity index (χ2v) is 6.26. The molecule has 0 saturated heterocycles. The average molecular weight is 254 g/mol. The van der Waals surface area contributed by atoms with Crippen LogP contribution in [0.15, 0.2) is 0 Å². The smallest absolute Gasteiger partial charge is 0.0249 e. The van der Waals surface area contributed by atoms with Crippen LogP contribution in [0.1, 0.15) is 78.6 Å². The zero-order valence-electron chi connectivity index (χ0n) is 12.8. The van der Waals surface area contributed by atoms with Crippen molar-refractivity contribution in [1.29, 1.82) is 0 Å². The van der Waals surface area contributed by atoms with Crippen LogP contribution >= 0.6 is 0 Å². The first kappa shape index (κ1) is 16.0. The number of unbranched alkanes of at least 4 members (excludes halogenated alkanes) is 2. The average Bonchev–Trinajstić information content (AvgIpc) is 2.31. The molecule has 0 aromatic carbocycles. The third-order valence-electron chi connectivity index (χ3n) is 4.39. The predicted molar refractivity (Wildman–Crippen MR) is 80.8 cm³/mol. The van der Waals surface area contributed by atoms with Gasteiger partial charge in [0.15, 0.2) is 0 Å². The molecule has 1 fully saturated rings. The summed E-state index contributed by atoms with van der Waals surface area (Å²) < 4.78 is 0. The lowest BCUT2D eigenvalue weighted by atomic mass is 9.91. The molecule has 0 aliphatic heterocycles. The molecule has 0 aromatic rings. The second kappa shape index (κ2) is 8.92. The van der Waals surface area contributed by atoms with Gasteiger partial charge in [0.25, 0.3) is 0 Å². The van der Waals surface area contributed by atoms with E-state index in [2.05, 4.69) is 25.7 Å². The molecule has 2 heteroatoms. The third kappa shape index (κ3) is 5.27. The molecule has 108 valence electrons. The van der Waals surface area contributed by atoms with E-state index in [1.165, 1.54) is 64.3 Å². The highest BCUT2D eigenvalue weighted by molar-refractivity contribution is 4.85. The lowest BCUT2D eigenvalue weighted by molar-refractivity contribution is 0.111. The predicted octanol–water partition coefficient (Wildman–Crippen LogP) is 3.94. The van der Waals surface area contributed by atoms with Crippen molar-refractivity contribution < 1.29 is 0 Å². The summed E-state index contributed by atoms with van der Waals surface area (Å²) in [6.45, 7) is 8.18. The first-order valence-corrected chi connectivity index (χ1v) is 8.18. The number of hydrogen-bond acceptors (Lipinski definition) is 2. The van der Waals surface area contributed by atoms with Crippen molar-refractivity contribution >= 4 is 0 Å². The molecule has 0 amide bonds. The van der Waals surface area contributed by atoms with E-state index in [-0.39, 0.29) is 0 Å². The van der Waals surface area contributed by atoms with Crippen LogP contribution in [0.4, 0.5) is 0 Å². The fourth-order valence-electron chi connectivity index (χ4n) is 3.26. The fourth-order valence-corrected chi connectivity index (χ4v) is 3.26. The highest BCUT2D eigenvalue weighted by Gasteiger charge is 2.26. The van der Waals surface area contributed by atoms with E-state index in [0.717, 1.165) is 0 Å². The van der Waals surface area contributed by atoms with E-state index in [1.54, 1.807) is 0 Å². The molecular formula is C16H34N2. The van der Waals surface area contributed by atoms with Crippen LogP contribution < -0.4 is 5.73 Å². The van der Waals surface area contributed by atoms with Crippen molar-refractivity contribution in [3.05, 3.63) is 0 Å². The van der Waals surface area contributed by atoms with Crippen molar-refractivity contribution in [2.75, 3.05) is 6.54 Å². The van der Waals surface area contributed by atoms with Crippen LogP contribution in [0, 0.1) is 0 Å². The number of hydrogen-bond donors (Lipinski definition) is 1. The van der Waals surface area contributed by atoms with Crippen molar-refractivity contribution in [2.24, 2.45) is 5.73 Å². The zero-order chi connectivity index (χ0) is 13.4. The summed E-state index contributed by atoms with van der Waals surface area (Å²) in [5.41, 5.74) is 6.45. The van der Waals surface area contributed by atoms with Gasteiger partial charge < -0.3 is 5.73 Å². The first-order valence-electron chi connectivity index (χ1n) is 8.18. The lowest BCUT2D eigenvalue weighted by Crippen LogP contribution is -2.51. The Morgan fingerprint density at radius 2 is 1.72 bits per heavy atom. The van der Waals surface area contributed by atoms with E-state index in [4.69, 9.17) is 5.73 Å². The van der Waals surface area contributed by atoms with Crippen LogP contribution in [0.5, 0.6) is 0 Å². The van der Waals surface area contributed by atoms with Crippen LogP contribution in [0.25, 0.3) is 0 Å². The zero-order valence-corrected chi connectivity index (χ0v) is 12.8. The number of rotatable bonds is 6. The maximum atomic E-state index is 6.45. The van der Waals surface area contributed by atoms with Gasteiger partial charge in [-0.2, -0.15) is 0 Å². The van der Waals surface area contributed by atoms with Gasteiger partial charge in [-0.3, -0.25) is 4.90 Å². The highest BCUT2D eigenvalue weighted by atomic mass is 15.2. The molecule has 1 aliphatic carbocycles. The van der Waals surface area contributed by atoms with Crippen molar-refractivity contribution in [3.8, 4) is 0 Å². The van der Waals surface area contributed by atoms with Crippen LogP contribution in [0.2, 0.25) is 0 Å². The minimum Gasteiger partial charge on any atom is -0.326 e. The van der Waals surface area contributed by atoms with Gasteiger partial charge in [0.2, 0.25) is 0 Å². The van der Waals surface area contributed by atoms with Crippen LogP contribution in [-0.2, 0) is 0 Å². The normalized spacial score (nSPS) is 26.3. The summed E-state index contributed by atoms with van der Waals surface area (Å²) in [5, 5.41) is 0. The maximum absolute atomic E-state index is 6.45. The van der Waals surface area contributed by atoms with Crippen molar-refractivity contribution in [1.82, 2.24) is 4.90 Å². The first-order chi connectivity index (χ1) is 8.66.